The van der Waals surface area contributed by atoms with Crippen LogP contribution in [0.1, 0.15) is 53.9 Å². The molecule has 0 saturated heterocycles. The van der Waals surface area contributed by atoms with E-state index in [1.165, 1.54) is 0 Å². The lowest BCUT2D eigenvalue weighted by Gasteiger charge is -2.15. The molecule has 3 N–H and O–H groups in total. The molecule has 6 heteroatoms. The SMILES string of the molecule is COc1ccc(C2CC2NC(=O)O)cc1C(=O)NC1CCCC1. The van der Waals surface area contributed by atoms with Crippen LogP contribution in [0.15, 0.2) is 18.2 Å². The number of hydrogen-bond acceptors (Lipinski definition) is 3. The fourth-order valence-corrected chi connectivity index (χ4v) is 3.35. The third kappa shape index (κ3) is 3.57. The van der Waals surface area contributed by atoms with Crippen LogP contribution < -0.4 is 15.4 Å². The lowest BCUT2D eigenvalue weighted by Crippen LogP contribution is -2.32. The number of carbonyl (C=O) groups excluding carboxylic acids is 1. The second kappa shape index (κ2) is 6.48. The molecule has 0 aliphatic heterocycles. The molecule has 2 unspecified atom stereocenters. The summed E-state index contributed by atoms with van der Waals surface area (Å²) >= 11 is 0. The number of nitrogens with one attached hydrogen (secondary N) is 2. The largest absolute Gasteiger partial charge is 0.496 e. The minimum atomic E-state index is -1.01. The van der Waals surface area contributed by atoms with Crippen molar-refractivity contribution in [2.45, 2.75) is 50.1 Å². The summed E-state index contributed by atoms with van der Waals surface area (Å²) < 4.78 is 5.31. The molecule has 2 fully saturated rings. The van der Waals surface area contributed by atoms with Crippen molar-refractivity contribution in [3.05, 3.63) is 29.3 Å². The summed E-state index contributed by atoms with van der Waals surface area (Å²) in [6, 6.07) is 5.70. The fourth-order valence-electron chi connectivity index (χ4n) is 3.35. The van der Waals surface area contributed by atoms with E-state index < -0.39 is 6.09 Å². The summed E-state index contributed by atoms with van der Waals surface area (Å²) in [5, 5.41) is 14.3. The van der Waals surface area contributed by atoms with E-state index in [-0.39, 0.29) is 23.9 Å². The molecule has 6 nitrogen and oxygen atoms in total. The fraction of sp³-hybridized carbons (Fsp3) is 0.529. The van der Waals surface area contributed by atoms with Crippen LogP contribution in [0.4, 0.5) is 4.79 Å². The summed E-state index contributed by atoms with van der Waals surface area (Å²) in [6.07, 6.45) is 4.13. The summed E-state index contributed by atoms with van der Waals surface area (Å²) in [5.41, 5.74) is 1.50. The molecule has 2 saturated carbocycles. The lowest BCUT2D eigenvalue weighted by atomic mass is 10.0. The molecule has 2 aliphatic carbocycles. The maximum atomic E-state index is 12.5. The van der Waals surface area contributed by atoms with Gasteiger partial charge in [0.05, 0.1) is 12.7 Å². The van der Waals surface area contributed by atoms with Gasteiger partial charge in [0.25, 0.3) is 5.91 Å². The molecular formula is C17H22N2O4. The molecule has 2 aliphatic rings. The molecule has 0 bridgehead atoms. The van der Waals surface area contributed by atoms with E-state index >= 15 is 0 Å². The van der Waals surface area contributed by atoms with Crippen molar-refractivity contribution in [3.8, 4) is 5.75 Å². The Morgan fingerprint density at radius 2 is 1.96 bits per heavy atom. The van der Waals surface area contributed by atoms with Gasteiger partial charge in [0.2, 0.25) is 0 Å². The molecule has 3 rings (SSSR count). The Kier molecular flexibility index (Phi) is 4.41. The highest BCUT2D eigenvalue weighted by molar-refractivity contribution is 5.97. The van der Waals surface area contributed by atoms with Crippen molar-refractivity contribution in [2.75, 3.05) is 7.11 Å². The first-order chi connectivity index (χ1) is 11.1. The van der Waals surface area contributed by atoms with Crippen LogP contribution in [0.25, 0.3) is 0 Å². The average molecular weight is 318 g/mol. The lowest BCUT2D eigenvalue weighted by molar-refractivity contribution is 0.0934. The van der Waals surface area contributed by atoms with E-state index in [0.29, 0.717) is 11.3 Å². The molecule has 1 aromatic carbocycles. The highest BCUT2D eigenvalue weighted by Gasteiger charge is 2.40. The topological polar surface area (TPSA) is 87.7 Å². The molecule has 23 heavy (non-hydrogen) atoms. The number of carboxylic acid groups (broad SMARTS) is 1. The van der Waals surface area contributed by atoms with Gasteiger partial charge in [-0.25, -0.2) is 4.79 Å². The molecule has 0 aromatic heterocycles. The summed E-state index contributed by atoms with van der Waals surface area (Å²) in [5.74, 6) is 0.571. The van der Waals surface area contributed by atoms with Crippen molar-refractivity contribution < 1.29 is 19.4 Å². The molecule has 2 amide bonds. The van der Waals surface area contributed by atoms with Gasteiger partial charge in [0.1, 0.15) is 5.75 Å². The second-order valence-corrected chi connectivity index (χ2v) is 6.31. The number of benzene rings is 1. The number of methoxy groups -OCH3 is 1. The van der Waals surface area contributed by atoms with Gasteiger partial charge in [0, 0.05) is 18.0 Å². The Hall–Kier alpha value is -2.24. The van der Waals surface area contributed by atoms with Gasteiger partial charge < -0.3 is 20.5 Å². The maximum absolute atomic E-state index is 12.5. The first-order valence-electron chi connectivity index (χ1n) is 8.06. The Bertz CT molecular complexity index is 611. The predicted molar refractivity (Wildman–Crippen MR) is 85.0 cm³/mol. The van der Waals surface area contributed by atoms with Crippen molar-refractivity contribution in [3.63, 3.8) is 0 Å². The van der Waals surface area contributed by atoms with Crippen LogP contribution in [0.2, 0.25) is 0 Å². The van der Waals surface area contributed by atoms with Crippen molar-refractivity contribution in [1.82, 2.24) is 10.6 Å². The number of amides is 2. The Morgan fingerprint density at radius 3 is 2.61 bits per heavy atom. The third-order valence-corrected chi connectivity index (χ3v) is 4.69. The zero-order valence-electron chi connectivity index (χ0n) is 13.2. The zero-order chi connectivity index (χ0) is 16.4. The van der Waals surface area contributed by atoms with Gasteiger partial charge in [-0.1, -0.05) is 18.9 Å². The number of rotatable bonds is 5. The van der Waals surface area contributed by atoms with E-state index in [1.54, 1.807) is 13.2 Å². The van der Waals surface area contributed by atoms with E-state index in [2.05, 4.69) is 10.6 Å². The van der Waals surface area contributed by atoms with Gasteiger partial charge >= 0.3 is 6.09 Å². The van der Waals surface area contributed by atoms with E-state index in [1.807, 2.05) is 12.1 Å². The van der Waals surface area contributed by atoms with Crippen molar-refractivity contribution in [2.24, 2.45) is 0 Å². The zero-order valence-corrected chi connectivity index (χ0v) is 13.2. The van der Waals surface area contributed by atoms with Crippen LogP contribution in [-0.2, 0) is 0 Å². The van der Waals surface area contributed by atoms with Crippen molar-refractivity contribution >= 4 is 12.0 Å². The molecule has 1 aromatic rings. The van der Waals surface area contributed by atoms with Gasteiger partial charge in [-0.05, 0) is 37.0 Å². The first kappa shape index (κ1) is 15.6. The summed E-state index contributed by atoms with van der Waals surface area (Å²) in [7, 11) is 1.55. The Labute approximate surface area is 135 Å². The van der Waals surface area contributed by atoms with Crippen LogP contribution >= 0.6 is 0 Å². The van der Waals surface area contributed by atoms with Gasteiger partial charge in [-0.2, -0.15) is 0 Å². The highest BCUT2D eigenvalue weighted by Crippen LogP contribution is 2.42. The van der Waals surface area contributed by atoms with Crippen molar-refractivity contribution in [1.29, 1.82) is 0 Å². The highest BCUT2D eigenvalue weighted by atomic mass is 16.5. The molecule has 0 radical (unpaired) electrons. The molecule has 0 heterocycles. The molecule has 2 atom stereocenters. The second-order valence-electron chi connectivity index (χ2n) is 6.31. The molecule has 124 valence electrons. The van der Waals surface area contributed by atoms with Gasteiger partial charge in [-0.15, -0.1) is 0 Å². The maximum Gasteiger partial charge on any atom is 0.404 e. The monoisotopic (exact) mass is 318 g/mol. The Balaban J connectivity index is 1.74. The smallest absolute Gasteiger partial charge is 0.404 e. The standard InChI is InChI=1S/C17H22N2O4/c1-23-15-7-6-10(12-9-14(12)19-17(21)22)8-13(15)16(20)18-11-4-2-3-5-11/h6-8,11-12,14,19H,2-5,9H2,1H3,(H,18,20)(H,21,22). The van der Waals surface area contributed by atoms with Crippen LogP contribution in [0.3, 0.4) is 0 Å². The van der Waals surface area contributed by atoms with E-state index in [9.17, 15) is 9.59 Å². The van der Waals surface area contributed by atoms with Crippen LogP contribution in [-0.4, -0.2) is 36.3 Å². The number of ether oxygens (including phenoxy) is 1. The van der Waals surface area contributed by atoms with E-state index in [4.69, 9.17) is 9.84 Å². The average Bonchev–Trinajstić information content (AvgIpc) is 3.08. The summed E-state index contributed by atoms with van der Waals surface area (Å²) in [6.45, 7) is 0. The first-order valence-corrected chi connectivity index (χ1v) is 8.06. The number of carbonyl (C=O) groups is 2. The van der Waals surface area contributed by atoms with Crippen LogP contribution in [0.5, 0.6) is 5.75 Å². The predicted octanol–water partition coefficient (Wildman–Crippen LogP) is 2.49. The molecule has 0 spiro atoms. The normalized spacial score (nSPS) is 23.3. The van der Waals surface area contributed by atoms with Gasteiger partial charge in [-0.3, -0.25) is 4.79 Å². The van der Waals surface area contributed by atoms with E-state index in [0.717, 1.165) is 37.7 Å². The minimum Gasteiger partial charge on any atom is -0.496 e. The number of hydrogen-bond donors (Lipinski definition) is 3. The Morgan fingerprint density at radius 1 is 1.22 bits per heavy atom. The van der Waals surface area contributed by atoms with Crippen LogP contribution in [0, 0.1) is 0 Å². The third-order valence-electron chi connectivity index (χ3n) is 4.69. The minimum absolute atomic E-state index is 0.0633. The quantitative estimate of drug-likeness (QED) is 0.778. The summed E-state index contributed by atoms with van der Waals surface area (Å²) in [4.78, 5) is 23.2. The molecular weight excluding hydrogens is 296 g/mol. The van der Waals surface area contributed by atoms with Gasteiger partial charge in [0.15, 0.2) is 0 Å².